The minimum Gasteiger partial charge on any atom is -0.480 e. The van der Waals surface area contributed by atoms with E-state index in [2.05, 4.69) is 0 Å². The van der Waals surface area contributed by atoms with Gasteiger partial charge in [0.25, 0.3) is 0 Å². The average Bonchev–Trinajstić information content (AvgIpc) is 2.79. The predicted molar refractivity (Wildman–Crippen MR) is 60.6 cm³/mol. The van der Waals surface area contributed by atoms with Crippen LogP contribution < -0.4 is 0 Å². The molecule has 2 rings (SSSR count). The topological polar surface area (TPSA) is 66.8 Å². The van der Waals surface area contributed by atoms with Gasteiger partial charge in [-0.05, 0) is 32.1 Å². The van der Waals surface area contributed by atoms with Gasteiger partial charge in [0.1, 0.15) is 6.04 Å². The third-order valence-electron chi connectivity index (χ3n) is 3.53. The monoisotopic (exact) mass is 241 g/mol. The van der Waals surface area contributed by atoms with Crippen molar-refractivity contribution in [2.24, 2.45) is 0 Å². The number of nitrogens with zero attached hydrogens (tertiary/aromatic N) is 1. The summed E-state index contributed by atoms with van der Waals surface area (Å²) in [5.74, 6) is -0.956. The SMILES string of the molecule is O=C(O)[C@H]1CCCN1C(=O)CC1CCCCO1. The lowest BCUT2D eigenvalue weighted by molar-refractivity contribution is -0.149. The van der Waals surface area contributed by atoms with Gasteiger partial charge in [-0.15, -0.1) is 0 Å². The van der Waals surface area contributed by atoms with Crippen molar-refractivity contribution in [3.05, 3.63) is 0 Å². The molecule has 5 heteroatoms. The Morgan fingerprint density at radius 1 is 1.24 bits per heavy atom. The lowest BCUT2D eigenvalue weighted by atomic mass is 10.1. The highest BCUT2D eigenvalue weighted by Crippen LogP contribution is 2.22. The van der Waals surface area contributed by atoms with E-state index in [-0.39, 0.29) is 12.0 Å². The fourth-order valence-corrected chi connectivity index (χ4v) is 2.60. The fraction of sp³-hybridized carbons (Fsp3) is 0.833. The van der Waals surface area contributed by atoms with Crippen LogP contribution in [0.5, 0.6) is 0 Å². The summed E-state index contributed by atoms with van der Waals surface area (Å²) in [4.78, 5) is 24.5. The number of ether oxygens (including phenoxy) is 1. The van der Waals surface area contributed by atoms with Crippen molar-refractivity contribution < 1.29 is 19.4 Å². The van der Waals surface area contributed by atoms with Gasteiger partial charge in [0.05, 0.1) is 12.5 Å². The van der Waals surface area contributed by atoms with Crippen molar-refractivity contribution in [3.63, 3.8) is 0 Å². The number of hydrogen-bond acceptors (Lipinski definition) is 3. The molecule has 0 aromatic rings. The Kier molecular flexibility index (Phi) is 3.99. The summed E-state index contributed by atoms with van der Waals surface area (Å²) in [6.45, 7) is 1.29. The van der Waals surface area contributed by atoms with E-state index < -0.39 is 12.0 Å². The van der Waals surface area contributed by atoms with Gasteiger partial charge < -0.3 is 14.7 Å². The van der Waals surface area contributed by atoms with Gasteiger partial charge in [-0.2, -0.15) is 0 Å². The van der Waals surface area contributed by atoms with Crippen LogP contribution in [0.4, 0.5) is 0 Å². The van der Waals surface area contributed by atoms with Gasteiger partial charge in [0.2, 0.25) is 5.91 Å². The van der Waals surface area contributed by atoms with Crippen molar-refractivity contribution in [1.29, 1.82) is 0 Å². The Morgan fingerprint density at radius 2 is 2.06 bits per heavy atom. The molecule has 0 spiro atoms. The molecule has 5 nitrogen and oxygen atoms in total. The standard InChI is InChI=1S/C12H19NO4/c14-11(8-9-4-1-2-7-17-9)13-6-3-5-10(13)12(15)16/h9-10H,1-8H2,(H,15,16)/t9?,10-/m1/s1. The van der Waals surface area contributed by atoms with Crippen molar-refractivity contribution >= 4 is 11.9 Å². The van der Waals surface area contributed by atoms with Gasteiger partial charge in [-0.1, -0.05) is 0 Å². The van der Waals surface area contributed by atoms with Crippen LogP contribution in [0.15, 0.2) is 0 Å². The molecule has 0 bridgehead atoms. The zero-order chi connectivity index (χ0) is 12.3. The number of hydrogen-bond donors (Lipinski definition) is 1. The number of likely N-dealkylation sites (tertiary alicyclic amines) is 1. The van der Waals surface area contributed by atoms with Crippen molar-refractivity contribution in [2.45, 2.75) is 50.7 Å². The molecule has 0 aromatic heterocycles. The number of carbonyl (C=O) groups excluding carboxylic acids is 1. The lowest BCUT2D eigenvalue weighted by Gasteiger charge is -2.26. The van der Waals surface area contributed by atoms with E-state index >= 15 is 0 Å². The zero-order valence-electron chi connectivity index (χ0n) is 9.93. The highest BCUT2D eigenvalue weighted by molar-refractivity contribution is 5.84. The van der Waals surface area contributed by atoms with E-state index in [1.165, 1.54) is 4.90 Å². The van der Waals surface area contributed by atoms with Gasteiger partial charge in [0.15, 0.2) is 0 Å². The number of rotatable bonds is 3. The molecule has 1 N–H and O–H groups in total. The number of aliphatic carboxylic acids is 1. The summed E-state index contributed by atoms with van der Waals surface area (Å²) in [7, 11) is 0. The van der Waals surface area contributed by atoms with E-state index in [0.29, 0.717) is 19.4 Å². The highest BCUT2D eigenvalue weighted by Gasteiger charge is 2.34. The third-order valence-corrected chi connectivity index (χ3v) is 3.53. The number of carboxylic acid groups (broad SMARTS) is 1. The van der Waals surface area contributed by atoms with Gasteiger partial charge >= 0.3 is 5.97 Å². The summed E-state index contributed by atoms with van der Waals surface area (Å²) in [6.07, 6.45) is 4.76. The van der Waals surface area contributed by atoms with Crippen LogP contribution in [0.2, 0.25) is 0 Å². The molecule has 0 aliphatic carbocycles. The first kappa shape index (κ1) is 12.4. The fourth-order valence-electron chi connectivity index (χ4n) is 2.60. The summed E-state index contributed by atoms with van der Waals surface area (Å²) >= 11 is 0. The molecule has 2 atom stereocenters. The molecule has 2 saturated heterocycles. The zero-order valence-corrected chi connectivity index (χ0v) is 9.93. The Hall–Kier alpha value is -1.10. The Balaban J connectivity index is 1.88. The van der Waals surface area contributed by atoms with Crippen LogP contribution in [-0.4, -0.2) is 47.2 Å². The van der Waals surface area contributed by atoms with E-state index in [1.807, 2.05) is 0 Å². The molecule has 1 unspecified atom stereocenters. The summed E-state index contributed by atoms with van der Waals surface area (Å²) in [6, 6.07) is -0.619. The quantitative estimate of drug-likeness (QED) is 0.801. The molecule has 17 heavy (non-hydrogen) atoms. The minimum absolute atomic E-state index is 0.00806. The third kappa shape index (κ3) is 2.97. The van der Waals surface area contributed by atoms with E-state index in [0.717, 1.165) is 32.3 Å². The Morgan fingerprint density at radius 3 is 2.71 bits per heavy atom. The molecule has 0 radical (unpaired) electrons. The number of carboxylic acids is 1. The molecule has 2 aliphatic heterocycles. The summed E-state index contributed by atoms with van der Waals surface area (Å²) < 4.78 is 5.51. The lowest BCUT2D eigenvalue weighted by Crippen LogP contribution is -2.42. The second-order valence-electron chi connectivity index (χ2n) is 4.78. The minimum atomic E-state index is -0.889. The molecular formula is C12H19NO4. The highest BCUT2D eigenvalue weighted by atomic mass is 16.5. The Labute approximate surface area is 101 Å². The molecular weight excluding hydrogens is 222 g/mol. The molecule has 2 heterocycles. The first-order valence-electron chi connectivity index (χ1n) is 6.32. The van der Waals surface area contributed by atoms with Crippen LogP contribution in [0, 0.1) is 0 Å². The maximum atomic E-state index is 12.0. The van der Waals surface area contributed by atoms with Crippen LogP contribution in [0.3, 0.4) is 0 Å². The van der Waals surface area contributed by atoms with Crippen molar-refractivity contribution in [1.82, 2.24) is 4.90 Å². The molecule has 0 saturated carbocycles. The van der Waals surface area contributed by atoms with E-state index in [1.54, 1.807) is 0 Å². The molecule has 96 valence electrons. The second kappa shape index (κ2) is 5.49. The maximum Gasteiger partial charge on any atom is 0.326 e. The molecule has 2 aliphatic rings. The van der Waals surface area contributed by atoms with Crippen LogP contribution >= 0.6 is 0 Å². The van der Waals surface area contributed by atoms with Crippen molar-refractivity contribution in [2.75, 3.05) is 13.2 Å². The van der Waals surface area contributed by atoms with Gasteiger partial charge in [0, 0.05) is 13.2 Å². The second-order valence-corrected chi connectivity index (χ2v) is 4.78. The normalized spacial score (nSPS) is 29.3. The van der Waals surface area contributed by atoms with Crippen LogP contribution in [0.1, 0.15) is 38.5 Å². The molecule has 0 aromatic carbocycles. The molecule has 1 amide bonds. The average molecular weight is 241 g/mol. The number of amides is 1. The summed E-state index contributed by atoms with van der Waals surface area (Å²) in [5.41, 5.74) is 0. The van der Waals surface area contributed by atoms with E-state index in [4.69, 9.17) is 9.84 Å². The van der Waals surface area contributed by atoms with Crippen LogP contribution in [-0.2, 0) is 14.3 Å². The predicted octanol–water partition coefficient (Wildman–Crippen LogP) is 1.02. The maximum absolute atomic E-state index is 12.0. The van der Waals surface area contributed by atoms with Crippen molar-refractivity contribution in [3.8, 4) is 0 Å². The first-order valence-corrected chi connectivity index (χ1v) is 6.32. The first-order chi connectivity index (χ1) is 8.18. The van der Waals surface area contributed by atoms with Gasteiger partial charge in [-0.25, -0.2) is 4.79 Å². The summed E-state index contributed by atoms with van der Waals surface area (Å²) in [5, 5.41) is 9.01. The van der Waals surface area contributed by atoms with E-state index in [9.17, 15) is 9.59 Å². The van der Waals surface area contributed by atoms with Crippen LogP contribution in [0.25, 0.3) is 0 Å². The van der Waals surface area contributed by atoms with Gasteiger partial charge in [-0.3, -0.25) is 4.79 Å². The Bertz CT molecular complexity index is 299. The molecule has 2 fully saturated rings. The largest absolute Gasteiger partial charge is 0.480 e. The number of carbonyl (C=O) groups is 2. The smallest absolute Gasteiger partial charge is 0.326 e.